The average molecular weight is 288 g/mol. The maximum Gasteiger partial charge on any atom is 0.150 e. The molecule has 5 heteroatoms. The van der Waals surface area contributed by atoms with Crippen molar-refractivity contribution in [2.75, 3.05) is 31.1 Å². The molecule has 2 fully saturated rings. The van der Waals surface area contributed by atoms with Gasteiger partial charge in [-0.25, -0.2) is 8.42 Å². The molecule has 0 spiro atoms. The summed E-state index contributed by atoms with van der Waals surface area (Å²) in [4.78, 5) is 2.49. The van der Waals surface area contributed by atoms with Gasteiger partial charge in [0.25, 0.3) is 0 Å². The summed E-state index contributed by atoms with van der Waals surface area (Å²) in [6, 6.07) is 1.20. The number of rotatable bonds is 6. The molecule has 19 heavy (non-hydrogen) atoms. The number of hydrogen-bond acceptors (Lipinski definition) is 4. The van der Waals surface area contributed by atoms with Crippen LogP contribution < -0.4 is 5.32 Å². The Morgan fingerprint density at radius 3 is 2.63 bits per heavy atom. The molecule has 2 unspecified atom stereocenters. The monoisotopic (exact) mass is 288 g/mol. The van der Waals surface area contributed by atoms with Crippen LogP contribution in [-0.2, 0) is 9.84 Å². The lowest BCUT2D eigenvalue weighted by atomic mass is 10.1. The predicted molar refractivity (Wildman–Crippen MR) is 79.1 cm³/mol. The third-order valence-electron chi connectivity index (χ3n) is 4.55. The van der Waals surface area contributed by atoms with Crippen LogP contribution in [0, 0.1) is 5.92 Å². The molecule has 112 valence electrons. The minimum absolute atomic E-state index is 0.273. The Morgan fingerprint density at radius 2 is 2.00 bits per heavy atom. The molecule has 1 N–H and O–H groups in total. The lowest BCUT2D eigenvalue weighted by Gasteiger charge is -2.29. The summed E-state index contributed by atoms with van der Waals surface area (Å²) in [5.41, 5.74) is 0. The lowest BCUT2D eigenvalue weighted by Crippen LogP contribution is -2.42. The molecular formula is C14H28N2O2S. The third-order valence-corrected chi connectivity index (χ3v) is 6.35. The Hall–Kier alpha value is -0.130. The van der Waals surface area contributed by atoms with Crippen molar-refractivity contribution in [3.8, 4) is 0 Å². The van der Waals surface area contributed by atoms with E-state index in [0.29, 0.717) is 17.8 Å². The van der Waals surface area contributed by atoms with Crippen LogP contribution in [0.15, 0.2) is 0 Å². The molecular weight excluding hydrogens is 260 g/mol. The topological polar surface area (TPSA) is 49.4 Å². The first-order valence-electron chi connectivity index (χ1n) is 7.69. The smallest absolute Gasteiger partial charge is 0.150 e. The molecule has 2 atom stereocenters. The Morgan fingerprint density at radius 1 is 1.26 bits per heavy atom. The van der Waals surface area contributed by atoms with E-state index in [2.05, 4.69) is 17.1 Å². The lowest BCUT2D eigenvalue weighted by molar-refractivity contribution is 0.200. The Balaban J connectivity index is 1.82. The van der Waals surface area contributed by atoms with Gasteiger partial charge in [0.15, 0.2) is 0 Å². The first-order chi connectivity index (χ1) is 9.02. The van der Waals surface area contributed by atoms with Gasteiger partial charge in [0.1, 0.15) is 9.84 Å². The summed E-state index contributed by atoms with van der Waals surface area (Å²) in [6.45, 7) is 7.12. The van der Waals surface area contributed by atoms with Gasteiger partial charge in [-0.1, -0.05) is 6.92 Å². The molecule has 0 amide bonds. The van der Waals surface area contributed by atoms with Crippen molar-refractivity contribution in [2.45, 2.75) is 51.6 Å². The van der Waals surface area contributed by atoms with Crippen LogP contribution in [0.1, 0.15) is 39.5 Å². The van der Waals surface area contributed by atoms with E-state index in [0.717, 1.165) is 32.0 Å². The van der Waals surface area contributed by atoms with Crippen LogP contribution in [0.4, 0.5) is 0 Å². The summed E-state index contributed by atoms with van der Waals surface area (Å²) in [6.07, 6.45) is 4.68. The number of nitrogens with zero attached hydrogens (tertiary/aromatic N) is 1. The van der Waals surface area contributed by atoms with Gasteiger partial charge in [-0.3, -0.25) is 4.90 Å². The van der Waals surface area contributed by atoms with E-state index in [-0.39, 0.29) is 5.75 Å². The average Bonchev–Trinajstić information content (AvgIpc) is 3.18. The van der Waals surface area contributed by atoms with E-state index in [4.69, 9.17) is 0 Å². The minimum Gasteiger partial charge on any atom is -0.312 e. The highest BCUT2D eigenvalue weighted by atomic mass is 32.2. The zero-order valence-corrected chi connectivity index (χ0v) is 13.1. The van der Waals surface area contributed by atoms with Crippen molar-refractivity contribution in [3.05, 3.63) is 0 Å². The third kappa shape index (κ3) is 4.72. The molecule has 0 bridgehead atoms. The summed E-state index contributed by atoms with van der Waals surface area (Å²) < 4.78 is 23.1. The molecule has 1 aliphatic carbocycles. The molecule has 1 heterocycles. The highest BCUT2D eigenvalue weighted by Crippen LogP contribution is 2.34. The van der Waals surface area contributed by atoms with Gasteiger partial charge < -0.3 is 5.32 Å². The molecule has 0 aromatic heterocycles. The van der Waals surface area contributed by atoms with Gasteiger partial charge in [-0.05, 0) is 51.6 Å². The van der Waals surface area contributed by atoms with Gasteiger partial charge in [0.2, 0.25) is 0 Å². The molecule has 0 aromatic carbocycles. The zero-order valence-electron chi connectivity index (χ0n) is 12.3. The van der Waals surface area contributed by atoms with Crippen molar-refractivity contribution < 1.29 is 8.42 Å². The summed E-state index contributed by atoms with van der Waals surface area (Å²) >= 11 is 0. The number of sulfone groups is 1. The second-order valence-corrected chi connectivity index (χ2v) is 8.59. The molecule has 0 radical (unpaired) electrons. The first-order valence-corrected chi connectivity index (χ1v) is 9.52. The van der Waals surface area contributed by atoms with Crippen molar-refractivity contribution in [2.24, 2.45) is 5.92 Å². The highest BCUT2D eigenvalue weighted by molar-refractivity contribution is 7.91. The summed E-state index contributed by atoms with van der Waals surface area (Å²) in [5, 5.41) is 3.66. The number of nitrogens with one attached hydrogen (secondary N) is 1. The van der Waals surface area contributed by atoms with Crippen molar-refractivity contribution in [3.63, 3.8) is 0 Å². The van der Waals surface area contributed by atoms with Crippen LogP contribution >= 0.6 is 0 Å². The summed E-state index contributed by atoms with van der Waals surface area (Å²) in [5.74, 6) is 1.48. The Labute approximate surface area is 117 Å². The Bertz CT molecular complexity index is 379. The van der Waals surface area contributed by atoms with Gasteiger partial charge in [-0.15, -0.1) is 0 Å². The van der Waals surface area contributed by atoms with Gasteiger partial charge in [0.05, 0.1) is 5.75 Å². The van der Waals surface area contributed by atoms with E-state index in [9.17, 15) is 8.42 Å². The van der Waals surface area contributed by atoms with Crippen LogP contribution in [0.5, 0.6) is 0 Å². The quantitative estimate of drug-likeness (QED) is 0.800. The molecule has 1 aliphatic heterocycles. The molecule has 4 nitrogen and oxygen atoms in total. The minimum atomic E-state index is -2.81. The van der Waals surface area contributed by atoms with E-state index in [1.165, 1.54) is 19.3 Å². The normalized spacial score (nSPS) is 30.2. The van der Waals surface area contributed by atoms with Gasteiger partial charge in [0, 0.05) is 24.4 Å². The maximum absolute atomic E-state index is 11.5. The second kappa shape index (κ2) is 6.55. The fourth-order valence-corrected chi connectivity index (χ4v) is 3.77. The van der Waals surface area contributed by atoms with Crippen LogP contribution in [0.2, 0.25) is 0 Å². The molecule has 2 rings (SSSR count). The van der Waals surface area contributed by atoms with Crippen LogP contribution in [0.25, 0.3) is 0 Å². The largest absolute Gasteiger partial charge is 0.312 e. The standard InChI is InChI=1S/C14H28N2O2S/c1-3-19(17,18)10-4-9-16-11-14(13-5-6-13)15-8-7-12(16)2/h12-15H,3-11H2,1-2H3. The summed E-state index contributed by atoms with van der Waals surface area (Å²) in [7, 11) is -2.81. The second-order valence-electron chi connectivity index (χ2n) is 6.12. The molecule has 0 aromatic rings. The Kier molecular flexibility index (Phi) is 5.26. The zero-order chi connectivity index (χ0) is 13.9. The van der Waals surface area contributed by atoms with E-state index < -0.39 is 9.84 Å². The first kappa shape index (κ1) is 15.3. The van der Waals surface area contributed by atoms with Crippen molar-refractivity contribution >= 4 is 9.84 Å². The van der Waals surface area contributed by atoms with Crippen LogP contribution in [0.3, 0.4) is 0 Å². The predicted octanol–water partition coefficient (Wildman–Crippen LogP) is 1.27. The maximum atomic E-state index is 11.5. The van der Waals surface area contributed by atoms with E-state index >= 15 is 0 Å². The highest BCUT2D eigenvalue weighted by Gasteiger charge is 2.34. The molecule has 1 saturated carbocycles. The van der Waals surface area contributed by atoms with Crippen LogP contribution in [-0.4, -0.2) is 56.5 Å². The molecule has 1 saturated heterocycles. The van der Waals surface area contributed by atoms with E-state index in [1.54, 1.807) is 6.92 Å². The SMILES string of the molecule is CCS(=O)(=O)CCCN1CC(C2CC2)NCCC1C. The van der Waals surface area contributed by atoms with Gasteiger partial charge in [-0.2, -0.15) is 0 Å². The number of hydrogen-bond donors (Lipinski definition) is 1. The fraction of sp³-hybridized carbons (Fsp3) is 1.00. The van der Waals surface area contributed by atoms with Gasteiger partial charge >= 0.3 is 0 Å². The molecule has 2 aliphatic rings. The van der Waals surface area contributed by atoms with Crippen molar-refractivity contribution in [1.29, 1.82) is 0 Å². The van der Waals surface area contributed by atoms with E-state index in [1.807, 2.05) is 0 Å². The fourth-order valence-electron chi connectivity index (χ4n) is 2.92. The van der Waals surface area contributed by atoms with Crippen molar-refractivity contribution in [1.82, 2.24) is 10.2 Å².